The monoisotopic (exact) mass is 329 g/mol. The van der Waals surface area contributed by atoms with Crippen LogP contribution in [0.5, 0.6) is 11.5 Å². The Morgan fingerprint density at radius 3 is 2.92 bits per heavy atom. The van der Waals surface area contributed by atoms with E-state index in [1.54, 1.807) is 0 Å². The van der Waals surface area contributed by atoms with Crippen LogP contribution in [0, 0.1) is 5.92 Å². The molecular weight excluding hydrogens is 306 g/mol. The minimum absolute atomic E-state index is 0.145. The van der Waals surface area contributed by atoms with Crippen molar-refractivity contribution < 1.29 is 14.2 Å². The molecule has 3 heterocycles. The maximum Gasteiger partial charge on any atom is 0.161 e. The van der Waals surface area contributed by atoms with Crippen molar-refractivity contribution in [2.45, 2.75) is 19.1 Å². The lowest BCUT2D eigenvalue weighted by atomic mass is 9.97. The van der Waals surface area contributed by atoms with Crippen LogP contribution >= 0.6 is 0 Å². The molecule has 1 aromatic carbocycles. The Morgan fingerprint density at radius 2 is 2.08 bits per heavy atom. The first-order valence-electron chi connectivity index (χ1n) is 8.49. The van der Waals surface area contributed by atoms with E-state index < -0.39 is 0 Å². The van der Waals surface area contributed by atoms with E-state index in [9.17, 15) is 0 Å². The van der Waals surface area contributed by atoms with Crippen LogP contribution in [0.25, 0.3) is 0 Å². The van der Waals surface area contributed by atoms with Gasteiger partial charge >= 0.3 is 0 Å². The van der Waals surface area contributed by atoms with Crippen molar-refractivity contribution in [3.8, 4) is 11.5 Å². The molecular formula is C18H23N3O3. The van der Waals surface area contributed by atoms with Crippen LogP contribution in [0.3, 0.4) is 0 Å². The zero-order chi connectivity index (χ0) is 16.4. The first-order chi connectivity index (χ1) is 11.8. The normalized spacial score (nSPS) is 22.7. The van der Waals surface area contributed by atoms with E-state index in [1.165, 1.54) is 11.1 Å². The number of ether oxygens (including phenoxy) is 3. The fourth-order valence-corrected chi connectivity index (χ4v) is 3.40. The van der Waals surface area contributed by atoms with Gasteiger partial charge in [-0.25, -0.2) is 0 Å². The molecule has 24 heavy (non-hydrogen) atoms. The first kappa shape index (κ1) is 15.5. The second-order valence-electron chi connectivity index (χ2n) is 6.40. The number of nitrogens with one attached hydrogen (secondary N) is 1. The van der Waals surface area contributed by atoms with Gasteiger partial charge in [-0.05, 0) is 24.1 Å². The molecule has 0 radical (unpaired) electrons. The van der Waals surface area contributed by atoms with Crippen LogP contribution < -0.4 is 14.8 Å². The Hall–Kier alpha value is -2.05. The summed E-state index contributed by atoms with van der Waals surface area (Å²) >= 11 is 0. The smallest absolute Gasteiger partial charge is 0.161 e. The number of benzene rings is 1. The SMILES string of the molecule is Cn1cc([C@@H]2OCC[C@@H]2CNCc2ccc3c(c2)OCCO3)cn1. The fourth-order valence-electron chi connectivity index (χ4n) is 3.40. The summed E-state index contributed by atoms with van der Waals surface area (Å²) in [7, 11) is 1.94. The van der Waals surface area contributed by atoms with Crippen LogP contribution in [0.4, 0.5) is 0 Å². The highest BCUT2D eigenvalue weighted by atomic mass is 16.6. The van der Waals surface area contributed by atoms with Crippen molar-refractivity contribution >= 4 is 0 Å². The minimum Gasteiger partial charge on any atom is -0.486 e. The molecule has 2 aliphatic rings. The summed E-state index contributed by atoms with van der Waals surface area (Å²) in [4.78, 5) is 0. The zero-order valence-electron chi connectivity index (χ0n) is 13.9. The largest absolute Gasteiger partial charge is 0.486 e. The molecule has 0 aliphatic carbocycles. The average molecular weight is 329 g/mol. The van der Waals surface area contributed by atoms with Crippen molar-refractivity contribution in [1.29, 1.82) is 0 Å². The first-order valence-corrected chi connectivity index (χ1v) is 8.49. The van der Waals surface area contributed by atoms with Crippen LogP contribution in [-0.4, -0.2) is 36.1 Å². The topological polar surface area (TPSA) is 57.5 Å². The quantitative estimate of drug-likeness (QED) is 0.910. The van der Waals surface area contributed by atoms with Gasteiger partial charge in [-0.3, -0.25) is 4.68 Å². The predicted octanol–water partition coefficient (Wildman–Crippen LogP) is 2.06. The lowest BCUT2D eigenvalue weighted by Crippen LogP contribution is -2.24. The summed E-state index contributed by atoms with van der Waals surface area (Å²) < 4.78 is 18.9. The number of nitrogens with zero attached hydrogens (tertiary/aromatic N) is 2. The highest BCUT2D eigenvalue weighted by molar-refractivity contribution is 5.43. The summed E-state index contributed by atoms with van der Waals surface area (Å²) in [5.74, 6) is 2.16. The highest BCUT2D eigenvalue weighted by Crippen LogP contribution is 2.34. The van der Waals surface area contributed by atoms with Crippen LogP contribution in [0.15, 0.2) is 30.6 Å². The van der Waals surface area contributed by atoms with E-state index in [2.05, 4.69) is 22.5 Å². The van der Waals surface area contributed by atoms with E-state index >= 15 is 0 Å². The van der Waals surface area contributed by atoms with Gasteiger partial charge in [-0.15, -0.1) is 0 Å². The van der Waals surface area contributed by atoms with Crippen LogP contribution in [-0.2, 0) is 18.3 Å². The number of aromatic nitrogens is 2. The molecule has 2 aromatic rings. The summed E-state index contributed by atoms with van der Waals surface area (Å²) in [5, 5.41) is 7.81. The number of hydrogen-bond donors (Lipinski definition) is 1. The Labute approximate surface area is 141 Å². The van der Waals surface area contributed by atoms with Gasteiger partial charge in [0.15, 0.2) is 11.5 Å². The van der Waals surface area contributed by atoms with Crippen LogP contribution in [0.2, 0.25) is 0 Å². The minimum atomic E-state index is 0.145. The third-order valence-electron chi connectivity index (χ3n) is 4.61. The van der Waals surface area contributed by atoms with Gasteiger partial charge in [0.25, 0.3) is 0 Å². The van der Waals surface area contributed by atoms with Gasteiger partial charge in [0.05, 0.1) is 12.3 Å². The van der Waals surface area contributed by atoms with Crippen molar-refractivity contribution in [3.05, 3.63) is 41.7 Å². The van der Waals surface area contributed by atoms with Crippen molar-refractivity contribution in [1.82, 2.24) is 15.1 Å². The zero-order valence-corrected chi connectivity index (χ0v) is 13.9. The molecule has 0 spiro atoms. The van der Waals surface area contributed by atoms with Gasteiger partial charge in [0, 0.05) is 44.4 Å². The molecule has 2 atom stereocenters. The average Bonchev–Trinajstić information content (AvgIpc) is 3.23. The summed E-state index contributed by atoms with van der Waals surface area (Å²) in [6.45, 7) is 3.80. The molecule has 1 saturated heterocycles. The van der Waals surface area contributed by atoms with Gasteiger partial charge in [0.1, 0.15) is 13.2 Å². The van der Waals surface area contributed by atoms with Gasteiger partial charge in [0.2, 0.25) is 0 Å². The van der Waals surface area contributed by atoms with E-state index in [-0.39, 0.29) is 6.10 Å². The summed E-state index contributed by atoms with van der Waals surface area (Å²) in [5.41, 5.74) is 2.37. The van der Waals surface area contributed by atoms with E-state index in [0.29, 0.717) is 19.1 Å². The Morgan fingerprint density at radius 1 is 1.21 bits per heavy atom. The fraction of sp³-hybridized carbons (Fsp3) is 0.500. The Kier molecular flexibility index (Phi) is 4.40. The lowest BCUT2D eigenvalue weighted by molar-refractivity contribution is 0.0904. The van der Waals surface area contributed by atoms with Crippen molar-refractivity contribution in [2.75, 3.05) is 26.4 Å². The third kappa shape index (κ3) is 3.25. The van der Waals surface area contributed by atoms with Crippen molar-refractivity contribution in [2.24, 2.45) is 13.0 Å². The van der Waals surface area contributed by atoms with Gasteiger partial charge in [-0.2, -0.15) is 5.10 Å². The predicted molar refractivity (Wildman–Crippen MR) is 89.1 cm³/mol. The van der Waals surface area contributed by atoms with E-state index in [1.807, 2.05) is 30.2 Å². The number of aryl methyl sites for hydroxylation is 1. The Bertz CT molecular complexity index is 701. The summed E-state index contributed by atoms with van der Waals surface area (Å²) in [6, 6.07) is 6.14. The molecule has 1 N–H and O–H groups in total. The molecule has 128 valence electrons. The molecule has 4 rings (SSSR count). The maximum atomic E-state index is 5.91. The highest BCUT2D eigenvalue weighted by Gasteiger charge is 2.30. The molecule has 0 amide bonds. The van der Waals surface area contributed by atoms with E-state index in [0.717, 1.165) is 37.6 Å². The third-order valence-corrected chi connectivity index (χ3v) is 4.61. The molecule has 6 heteroatoms. The Balaban J connectivity index is 1.33. The van der Waals surface area contributed by atoms with E-state index in [4.69, 9.17) is 14.2 Å². The van der Waals surface area contributed by atoms with Crippen LogP contribution in [0.1, 0.15) is 23.7 Å². The van der Waals surface area contributed by atoms with Gasteiger partial charge in [-0.1, -0.05) is 6.07 Å². The second kappa shape index (κ2) is 6.83. The molecule has 6 nitrogen and oxygen atoms in total. The molecule has 0 saturated carbocycles. The molecule has 1 fully saturated rings. The standard InChI is InChI=1S/C18H23N3O3/c1-21-12-15(11-20-21)18-14(4-5-24-18)10-19-9-13-2-3-16-17(8-13)23-7-6-22-16/h2-3,8,11-12,14,18-19H,4-7,9-10H2,1H3/t14-,18-/m1/s1. The lowest BCUT2D eigenvalue weighted by Gasteiger charge is -2.20. The summed E-state index contributed by atoms with van der Waals surface area (Å²) in [6.07, 6.45) is 5.17. The molecule has 2 aliphatic heterocycles. The molecule has 0 unspecified atom stereocenters. The number of fused-ring (bicyclic) bond motifs is 1. The number of rotatable bonds is 5. The maximum absolute atomic E-state index is 5.91. The van der Waals surface area contributed by atoms with Gasteiger partial charge < -0.3 is 19.5 Å². The van der Waals surface area contributed by atoms with Crippen molar-refractivity contribution in [3.63, 3.8) is 0 Å². The number of hydrogen-bond acceptors (Lipinski definition) is 5. The molecule has 0 bridgehead atoms. The molecule has 1 aromatic heterocycles. The second-order valence-corrected chi connectivity index (χ2v) is 6.40.